The van der Waals surface area contributed by atoms with Gasteiger partial charge in [-0.05, 0) is 30.2 Å². The van der Waals surface area contributed by atoms with E-state index in [-0.39, 0.29) is 0 Å². The van der Waals surface area contributed by atoms with Crippen molar-refractivity contribution >= 4 is 32.3 Å². The molecule has 0 fully saturated rings. The SMILES string of the molecule is CC(C)CNc1nc2ccccc2n2c(-c3ccc(S(C)(=O)=O)cc3)cnc12. The van der Waals surface area contributed by atoms with Crippen LogP contribution in [0, 0.1) is 5.92 Å². The Morgan fingerprint density at radius 1 is 1.07 bits per heavy atom. The zero-order chi connectivity index (χ0) is 19.9. The number of benzene rings is 2. The largest absolute Gasteiger partial charge is 0.367 e. The number of anilines is 1. The molecule has 6 nitrogen and oxygen atoms in total. The van der Waals surface area contributed by atoms with Crippen LogP contribution in [0.3, 0.4) is 0 Å². The Hall–Kier alpha value is -2.93. The summed E-state index contributed by atoms with van der Waals surface area (Å²) in [6, 6.07) is 14.8. The van der Waals surface area contributed by atoms with Gasteiger partial charge in [-0.15, -0.1) is 0 Å². The lowest BCUT2D eigenvalue weighted by Gasteiger charge is -2.12. The van der Waals surface area contributed by atoms with Crippen LogP contribution in [0.15, 0.2) is 59.6 Å². The van der Waals surface area contributed by atoms with Crippen molar-refractivity contribution in [2.45, 2.75) is 18.7 Å². The molecule has 2 aromatic carbocycles. The molecule has 0 aliphatic carbocycles. The molecule has 7 heteroatoms. The van der Waals surface area contributed by atoms with E-state index >= 15 is 0 Å². The predicted octanol–water partition coefficient (Wildman–Crippen LogP) is 4.02. The number of hydrogen-bond donors (Lipinski definition) is 1. The molecule has 0 bridgehead atoms. The Balaban J connectivity index is 1.92. The van der Waals surface area contributed by atoms with Crippen molar-refractivity contribution in [3.05, 3.63) is 54.7 Å². The summed E-state index contributed by atoms with van der Waals surface area (Å²) in [4.78, 5) is 9.67. The number of fused-ring (bicyclic) bond motifs is 3. The second-order valence-electron chi connectivity index (χ2n) is 7.32. The number of para-hydroxylation sites is 2. The third-order valence-electron chi connectivity index (χ3n) is 4.58. The topological polar surface area (TPSA) is 76.4 Å². The molecule has 0 spiro atoms. The van der Waals surface area contributed by atoms with E-state index in [2.05, 4.69) is 28.5 Å². The molecule has 2 heterocycles. The molecule has 0 aliphatic rings. The van der Waals surface area contributed by atoms with Crippen LogP contribution in [0.1, 0.15) is 13.8 Å². The van der Waals surface area contributed by atoms with Crippen molar-refractivity contribution in [2.24, 2.45) is 5.92 Å². The van der Waals surface area contributed by atoms with Gasteiger partial charge in [-0.2, -0.15) is 0 Å². The minimum Gasteiger partial charge on any atom is -0.367 e. The van der Waals surface area contributed by atoms with Crippen LogP contribution in [0.5, 0.6) is 0 Å². The number of nitrogens with zero attached hydrogens (tertiary/aromatic N) is 3. The molecule has 1 N–H and O–H groups in total. The molecule has 0 amide bonds. The third kappa shape index (κ3) is 3.33. The lowest BCUT2D eigenvalue weighted by atomic mass is 10.1. The lowest BCUT2D eigenvalue weighted by molar-refractivity contribution is 0.602. The summed E-state index contributed by atoms with van der Waals surface area (Å²) >= 11 is 0. The molecule has 28 heavy (non-hydrogen) atoms. The van der Waals surface area contributed by atoms with Gasteiger partial charge in [0.15, 0.2) is 21.3 Å². The molecule has 2 aromatic heterocycles. The van der Waals surface area contributed by atoms with Crippen LogP contribution in [0.4, 0.5) is 5.82 Å². The molecule has 0 unspecified atom stereocenters. The quantitative estimate of drug-likeness (QED) is 0.553. The summed E-state index contributed by atoms with van der Waals surface area (Å²) < 4.78 is 25.6. The van der Waals surface area contributed by atoms with Gasteiger partial charge in [0.25, 0.3) is 0 Å². The van der Waals surface area contributed by atoms with E-state index in [9.17, 15) is 8.42 Å². The van der Waals surface area contributed by atoms with Crippen molar-refractivity contribution in [3.63, 3.8) is 0 Å². The molecule has 144 valence electrons. The standard InChI is InChI=1S/C21H22N4O2S/c1-14(2)12-22-20-21-23-13-19(15-8-10-16(11-9-15)28(3,26)27)25(21)18-7-5-4-6-17(18)24-20/h4-11,13-14H,12H2,1-3H3,(H,22,24). The normalized spacial score (nSPS) is 12.1. The Labute approximate surface area is 164 Å². The predicted molar refractivity (Wildman–Crippen MR) is 112 cm³/mol. The molecule has 0 saturated carbocycles. The molecule has 4 aromatic rings. The summed E-state index contributed by atoms with van der Waals surface area (Å²) in [5, 5.41) is 3.40. The van der Waals surface area contributed by atoms with Gasteiger partial charge in [-0.25, -0.2) is 18.4 Å². The Morgan fingerprint density at radius 2 is 1.79 bits per heavy atom. The van der Waals surface area contributed by atoms with Crippen molar-refractivity contribution in [1.29, 1.82) is 0 Å². The van der Waals surface area contributed by atoms with E-state index < -0.39 is 9.84 Å². The number of sulfone groups is 1. The van der Waals surface area contributed by atoms with Gasteiger partial charge >= 0.3 is 0 Å². The van der Waals surface area contributed by atoms with Gasteiger partial charge in [-0.1, -0.05) is 38.1 Å². The van der Waals surface area contributed by atoms with Gasteiger partial charge in [0, 0.05) is 18.4 Å². The molecule has 0 atom stereocenters. The summed E-state index contributed by atoms with van der Waals surface area (Å²) in [5.74, 6) is 1.22. The average molecular weight is 395 g/mol. The number of imidazole rings is 1. The highest BCUT2D eigenvalue weighted by Crippen LogP contribution is 2.29. The van der Waals surface area contributed by atoms with Crippen molar-refractivity contribution < 1.29 is 8.42 Å². The maximum absolute atomic E-state index is 11.8. The monoisotopic (exact) mass is 394 g/mol. The van der Waals surface area contributed by atoms with Crippen LogP contribution < -0.4 is 5.32 Å². The van der Waals surface area contributed by atoms with E-state index in [1.54, 1.807) is 18.3 Å². The zero-order valence-corrected chi connectivity index (χ0v) is 16.9. The second kappa shape index (κ2) is 6.91. The lowest BCUT2D eigenvalue weighted by Crippen LogP contribution is -2.11. The Bertz CT molecular complexity index is 1260. The van der Waals surface area contributed by atoms with Crippen LogP contribution in [-0.2, 0) is 9.84 Å². The molecule has 0 aliphatic heterocycles. The van der Waals surface area contributed by atoms with E-state index in [4.69, 9.17) is 4.98 Å². The molecular weight excluding hydrogens is 372 g/mol. The maximum atomic E-state index is 11.8. The van der Waals surface area contributed by atoms with Gasteiger partial charge in [0.1, 0.15) is 0 Å². The summed E-state index contributed by atoms with van der Waals surface area (Å²) in [7, 11) is -3.23. The highest BCUT2D eigenvalue weighted by molar-refractivity contribution is 7.90. The fraction of sp³-hybridized carbons (Fsp3) is 0.238. The molecule has 4 rings (SSSR count). The van der Waals surface area contributed by atoms with Gasteiger partial charge < -0.3 is 5.32 Å². The van der Waals surface area contributed by atoms with E-state index in [0.717, 1.165) is 40.3 Å². The van der Waals surface area contributed by atoms with Crippen LogP contribution in [-0.4, -0.2) is 35.6 Å². The first kappa shape index (κ1) is 18.4. The first-order chi connectivity index (χ1) is 13.3. The van der Waals surface area contributed by atoms with Crippen molar-refractivity contribution in [3.8, 4) is 11.3 Å². The minimum absolute atomic E-state index is 0.302. The average Bonchev–Trinajstić information content (AvgIpc) is 3.11. The number of hydrogen-bond acceptors (Lipinski definition) is 5. The Kier molecular flexibility index (Phi) is 4.55. The number of nitrogens with one attached hydrogen (secondary N) is 1. The highest BCUT2D eigenvalue weighted by atomic mass is 32.2. The fourth-order valence-corrected chi connectivity index (χ4v) is 3.81. The van der Waals surface area contributed by atoms with Gasteiger partial charge in [0.2, 0.25) is 0 Å². The summed E-state index contributed by atoms with van der Waals surface area (Å²) in [5.41, 5.74) is 4.36. The van der Waals surface area contributed by atoms with Crippen molar-refractivity contribution in [2.75, 3.05) is 18.1 Å². The van der Waals surface area contributed by atoms with E-state index in [0.29, 0.717) is 10.8 Å². The van der Waals surface area contributed by atoms with Crippen molar-refractivity contribution in [1.82, 2.24) is 14.4 Å². The first-order valence-corrected chi connectivity index (χ1v) is 11.0. The van der Waals surface area contributed by atoms with Gasteiger partial charge in [-0.3, -0.25) is 4.40 Å². The smallest absolute Gasteiger partial charge is 0.181 e. The van der Waals surface area contributed by atoms with Crippen LogP contribution in [0.25, 0.3) is 27.9 Å². The number of rotatable bonds is 5. The molecule has 0 saturated heterocycles. The first-order valence-electron chi connectivity index (χ1n) is 9.15. The summed E-state index contributed by atoms with van der Waals surface area (Å²) in [6.07, 6.45) is 3.02. The third-order valence-corrected chi connectivity index (χ3v) is 5.71. The van der Waals surface area contributed by atoms with Crippen LogP contribution in [0.2, 0.25) is 0 Å². The zero-order valence-electron chi connectivity index (χ0n) is 16.0. The minimum atomic E-state index is -3.23. The number of aromatic nitrogens is 3. The fourth-order valence-electron chi connectivity index (χ4n) is 3.18. The Morgan fingerprint density at radius 3 is 2.46 bits per heavy atom. The van der Waals surface area contributed by atoms with Crippen LogP contribution >= 0.6 is 0 Å². The molecule has 0 radical (unpaired) electrons. The maximum Gasteiger partial charge on any atom is 0.181 e. The second-order valence-corrected chi connectivity index (χ2v) is 9.34. The van der Waals surface area contributed by atoms with E-state index in [1.807, 2.05) is 36.4 Å². The van der Waals surface area contributed by atoms with E-state index in [1.165, 1.54) is 6.26 Å². The van der Waals surface area contributed by atoms with Gasteiger partial charge in [0.05, 0.1) is 27.8 Å². The summed E-state index contributed by atoms with van der Waals surface area (Å²) in [6.45, 7) is 5.09. The highest BCUT2D eigenvalue weighted by Gasteiger charge is 2.15. The molecular formula is C21H22N4O2S.